The molecule has 0 saturated carbocycles. The Kier molecular flexibility index (Phi) is 5.84. The second-order valence-electron chi connectivity index (χ2n) is 7.77. The third kappa shape index (κ3) is 4.56. The van der Waals surface area contributed by atoms with Gasteiger partial charge in [-0.25, -0.2) is 14.4 Å². The number of ether oxygens (including phenoxy) is 1. The van der Waals surface area contributed by atoms with E-state index in [2.05, 4.69) is 31.2 Å². The van der Waals surface area contributed by atoms with Crippen molar-refractivity contribution in [1.82, 2.24) is 29.7 Å². The molecule has 5 rings (SSSR count). The standard InChI is InChI=1S/C21H23FN6O2S/c22-14-7-17-21(26-9-14)28(20(29)12-25-17)6-5-27-3-1-15(2-4-27)23-10-16-8-19-18(11-24-16)30-13-31-19/h7-9,11-12,15,23H,1-6,10,13H2. The summed E-state index contributed by atoms with van der Waals surface area (Å²) in [5.74, 6) is 1.09. The Morgan fingerprint density at radius 3 is 2.87 bits per heavy atom. The molecule has 2 aliphatic heterocycles. The molecule has 0 atom stereocenters. The van der Waals surface area contributed by atoms with Gasteiger partial charge in [-0.15, -0.1) is 0 Å². The molecular weight excluding hydrogens is 419 g/mol. The molecule has 1 N–H and O–H groups in total. The van der Waals surface area contributed by atoms with Crippen molar-refractivity contribution in [3.8, 4) is 5.75 Å². The van der Waals surface area contributed by atoms with E-state index < -0.39 is 5.82 Å². The average Bonchev–Trinajstić information content (AvgIpc) is 3.26. The summed E-state index contributed by atoms with van der Waals surface area (Å²) < 4.78 is 20.5. The first-order valence-corrected chi connectivity index (χ1v) is 11.4. The van der Waals surface area contributed by atoms with Crippen LogP contribution in [0.25, 0.3) is 11.2 Å². The first kappa shape index (κ1) is 20.3. The van der Waals surface area contributed by atoms with Gasteiger partial charge >= 0.3 is 0 Å². The maximum absolute atomic E-state index is 13.4. The van der Waals surface area contributed by atoms with Crippen LogP contribution in [-0.4, -0.2) is 56.0 Å². The highest BCUT2D eigenvalue weighted by Gasteiger charge is 2.20. The highest BCUT2D eigenvalue weighted by Crippen LogP contribution is 2.35. The summed E-state index contributed by atoms with van der Waals surface area (Å²) >= 11 is 1.70. The molecule has 3 aromatic heterocycles. The molecule has 8 nitrogen and oxygen atoms in total. The van der Waals surface area contributed by atoms with Gasteiger partial charge in [0.05, 0.1) is 29.2 Å². The summed E-state index contributed by atoms with van der Waals surface area (Å²) in [6, 6.07) is 3.85. The fourth-order valence-corrected chi connectivity index (χ4v) is 4.82. The predicted molar refractivity (Wildman–Crippen MR) is 116 cm³/mol. The number of piperidine rings is 1. The van der Waals surface area contributed by atoms with Gasteiger partial charge in [-0.3, -0.25) is 14.3 Å². The lowest BCUT2D eigenvalue weighted by Gasteiger charge is -2.32. The van der Waals surface area contributed by atoms with Crippen molar-refractivity contribution < 1.29 is 9.13 Å². The van der Waals surface area contributed by atoms with Crippen LogP contribution in [0.4, 0.5) is 4.39 Å². The first-order valence-electron chi connectivity index (χ1n) is 10.4. The Bertz CT molecular complexity index is 1150. The Morgan fingerprint density at radius 2 is 2.00 bits per heavy atom. The van der Waals surface area contributed by atoms with Crippen LogP contribution in [-0.2, 0) is 13.1 Å². The minimum atomic E-state index is -0.457. The molecule has 0 spiro atoms. The number of nitrogens with one attached hydrogen (secondary N) is 1. The molecule has 162 valence electrons. The highest BCUT2D eigenvalue weighted by atomic mass is 32.2. The normalized spacial score (nSPS) is 17.1. The molecule has 0 aliphatic carbocycles. The van der Waals surface area contributed by atoms with E-state index in [4.69, 9.17) is 4.74 Å². The Labute approximate surface area is 182 Å². The van der Waals surface area contributed by atoms with Gasteiger partial charge in [0.1, 0.15) is 17.3 Å². The van der Waals surface area contributed by atoms with Gasteiger partial charge in [-0.2, -0.15) is 0 Å². The molecule has 10 heteroatoms. The van der Waals surface area contributed by atoms with Crippen LogP contribution in [0.15, 0.2) is 40.4 Å². The van der Waals surface area contributed by atoms with Crippen molar-refractivity contribution in [3.63, 3.8) is 0 Å². The monoisotopic (exact) mass is 442 g/mol. The lowest BCUT2D eigenvalue weighted by molar-refractivity contribution is 0.191. The molecule has 0 radical (unpaired) electrons. The molecule has 0 amide bonds. The quantitative estimate of drug-likeness (QED) is 0.621. The Balaban J connectivity index is 1.13. The Hall–Kier alpha value is -2.56. The zero-order valence-corrected chi connectivity index (χ0v) is 17.8. The minimum absolute atomic E-state index is 0.214. The van der Waals surface area contributed by atoms with Crippen molar-refractivity contribution in [2.75, 3.05) is 25.6 Å². The van der Waals surface area contributed by atoms with Crippen molar-refractivity contribution in [3.05, 3.63) is 52.6 Å². The second-order valence-corrected chi connectivity index (χ2v) is 8.73. The molecule has 1 saturated heterocycles. The van der Waals surface area contributed by atoms with Gasteiger partial charge < -0.3 is 15.0 Å². The van der Waals surface area contributed by atoms with Gasteiger partial charge in [0.25, 0.3) is 5.56 Å². The second kappa shape index (κ2) is 8.89. The number of hydrogen-bond donors (Lipinski definition) is 1. The summed E-state index contributed by atoms with van der Waals surface area (Å²) in [6.07, 6.45) is 6.25. The zero-order valence-electron chi connectivity index (χ0n) is 17.0. The topological polar surface area (TPSA) is 85.2 Å². The number of likely N-dealkylation sites (tertiary alicyclic amines) is 1. The van der Waals surface area contributed by atoms with E-state index in [0.717, 1.165) is 61.6 Å². The maximum atomic E-state index is 13.4. The van der Waals surface area contributed by atoms with E-state index in [0.29, 0.717) is 29.7 Å². The number of halogens is 1. The van der Waals surface area contributed by atoms with Crippen molar-refractivity contribution in [1.29, 1.82) is 0 Å². The van der Waals surface area contributed by atoms with Crippen LogP contribution >= 0.6 is 11.8 Å². The molecule has 1 fully saturated rings. The summed E-state index contributed by atoms with van der Waals surface area (Å²) in [4.78, 5) is 28.3. The number of rotatable bonds is 6. The average molecular weight is 443 g/mol. The zero-order chi connectivity index (χ0) is 21.2. The lowest BCUT2D eigenvalue weighted by Crippen LogP contribution is -2.43. The number of pyridine rings is 2. The maximum Gasteiger partial charge on any atom is 0.270 e. The van der Waals surface area contributed by atoms with Crippen molar-refractivity contribution in [2.45, 2.75) is 36.9 Å². The fraction of sp³-hybridized carbons (Fsp3) is 0.429. The van der Waals surface area contributed by atoms with Gasteiger partial charge in [0.15, 0.2) is 11.4 Å². The fourth-order valence-electron chi connectivity index (χ4n) is 4.03. The molecule has 0 unspecified atom stereocenters. The minimum Gasteiger partial charge on any atom is -0.480 e. The summed E-state index contributed by atoms with van der Waals surface area (Å²) in [5, 5.41) is 3.61. The largest absolute Gasteiger partial charge is 0.480 e. The number of thioether (sulfide) groups is 1. The highest BCUT2D eigenvalue weighted by molar-refractivity contribution is 7.99. The van der Waals surface area contributed by atoms with E-state index in [1.165, 1.54) is 12.3 Å². The third-order valence-electron chi connectivity index (χ3n) is 5.77. The van der Waals surface area contributed by atoms with E-state index in [-0.39, 0.29) is 5.56 Å². The van der Waals surface area contributed by atoms with Crippen LogP contribution in [0.1, 0.15) is 18.5 Å². The number of nitrogens with zero attached hydrogens (tertiary/aromatic N) is 5. The molecule has 5 heterocycles. The van der Waals surface area contributed by atoms with Gasteiger partial charge in [0, 0.05) is 31.7 Å². The lowest BCUT2D eigenvalue weighted by atomic mass is 10.0. The molecular formula is C21H23FN6O2S. The smallest absolute Gasteiger partial charge is 0.270 e. The van der Waals surface area contributed by atoms with Gasteiger partial charge in [-0.1, -0.05) is 11.8 Å². The number of fused-ring (bicyclic) bond motifs is 2. The van der Waals surface area contributed by atoms with Gasteiger partial charge in [0.2, 0.25) is 0 Å². The number of aromatic nitrogens is 4. The van der Waals surface area contributed by atoms with E-state index in [9.17, 15) is 9.18 Å². The van der Waals surface area contributed by atoms with Crippen LogP contribution in [0.5, 0.6) is 5.75 Å². The third-order valence-corrected chi connectivity index (χ3v) is 6.63. The van der Waals surface area contributed by atoms with Crippen LogP contribution < -0.4 is 15.6 Å². The van der Waals surface area contributed by atoms with Gasteiger partial charge in [-0.05, 0) is 32.0 Å². The van der Waals surface area contributed by atoms with E-state index in [1.807, 2.05) is 6.20 Å². The molecule has 0 bridgehead atoms. The van der Waals surface area contributed by atoms with Crippen LogP contribution in [0.2, 0.25) is 0 Å². The first-order chi connectivity index (χ1) is 15.2. The summed E-state index contributed by atoms with van der Waals surface area (Å²) in [7, 11) is 0. The van der Waals surface area contributed by atoms with Crippen LogP contribution in [0.3, 0.4) is 0 Å². The molecule has 0 aromatic carbocycles. The van der Waals surface area contributed by atoms with Crippen molar-refractivity contribution >= 4 is 22.9 Å². The summed E-state index contributed by atoms with van der Waals surface area (Å²) in [6.45, 7) is 3.92. The number of hydrogen-bond acceptors (Lipinski definition) is 8. The predicted octanol–water partition coefficient (Wildman–Crippen LogP) is 2.02. The molecule has 3 aromatic rings. The Morgan fingerprint density at radius 1 is 1.13 bits per heavy atom. The van der Waals surface area contributed by atoms with E-state index >= 15 is 0 Å². The molecule has 31 heavy (non-hydrogen) atoms. The SMILES string of the molecule is O=c1cnc2cc(F)cnc2n1CCN1CCC(NCc2cc3c(cn2)OCS3)CC1. The van der Waals surface area contributed by atoms with E-state index in [1.54, 1.807) is 16.3 Å². The van der Waals surface area contributed by atoms with Crippen molar-refractivity contribution in [2.24, 2.45) is 0 Å². The van der Waals surface area contributed by atoms with Crippen LogP contribution in [0, 0.1) is 5.82 Å². The summed E-state index contributed by atoms with van der Waals surface area (Å²) in [5.41, 5.74) is 1.64. The molecule has 2 aliphatic rings.